The Morgan fingerprint density at radius 1 is 1.00 bits per heavy atom. The maximum atomic E-state index is 12.3. The van der Waals surface area contributed by atoms with E-state index in [4.69, 9.17) is 0 Å². The van der Waals surface area contributed by atoms with Crippen LogP contribution in [0.4, 0.5) is 5.82 Å². The molecule has 0 aliphatic carbocycles. The molecule has 33 heavy (non-hydrogen) atoms. The number of hydrogen-bond acceptors (Lipinski definition) is 6. The Morgan fingerprint density at radius 3 is 2.61 bits per heavy atom. The lowest BCUT2D eigenvalue weighted by molar-refractivity contribution is 0.0964. The molecule has 2 atom stereocenters. The molecule has 0 spiro atoms. The standard InChI is InChI=1S/C26H28N6O/c1-16(14-30-24-13-23(31-15-32-24)19-8-10-28-17(2)12-19)18(3)20-6-5-7-21-22(26(33)27-4)9-11-29-25(20)21/h5-13,15-16,18H,14H2,1-4H3,(H,27,33)(H,30,31,32)/t16-,18?/m1/s1. The lowest BCUT2D eigenvalue weighted by atomic mass is 9.87. The van der Waals surface area contributed by atoms with Gasteiger partial charge in [-0.05, 0) is 42.5 Å². The first-order valence-corrected chi connectivity index (χ1v) is 11.1. The van der Waals surface area contributed by atoms with Crippen LogP contribution >= 0.6 is 0 Å². The molecule has 0 aliphatic rings. The van der Waals surface area contributed by atoms with Crippen molar-refractivity contribution in [1.29, 1.82) is 0 Å². The van der Waals surface area contributed by atoms with Gasteiger partial charge in [0, 0.05) is 48.7 Å². The third kappa shape index (κ3) is 4.82. The molecule has 0 bridgehead atoms. The van der Waals surface area contributed by atoms with Crippen LogP contribution < -0.4 is 10.6 Å². The van der Waals surface area contributed by atoms with E-state index in [2.05, 4.69) is 50.5 Å². The molecule has 0 fully saturated rings. The molecular formula is C26H28N6O. The van der Waals surface area contributed by atoms with Gasteiger partial charge in [-0.1, -0.05) is 32.0 Å². The van der Waals surface area contributed by atoms with Crippen molar-refractivity contribution in [2.24, 2.45) is 5.92 Å². The smallest absolute Gasteiger partial charge is 0.251 e. The molecule has 4 rings (SSSR count). The van der Waals surface area contributed by atoms with Gasteiger partial charge in [-0.25, -0.2) is 9.97 Å². The number of nitrogens with zero attached hydrogens (tertiary/aromatic N) is 4. The van der Waals surface area contributed by atoms with Crippen LogP contribution in [0.15, 0.2) is 61.2 Å². The molecule has 0 radical (unpaired) electrons. The lowest BCUT2D eigenvalue weighted by Gasteiger charge is -2.22. The normalized spacial score (nSPS) is 12.8. The van der Waals surface area contributed by atoms with Crippen LogP contribution in [-0.2, 0) is 0 Å². The fourth-order valence-electron chi connectivity index (χ4n) is 3.96. The minimum absolute atomic E-state index is 0.106. The molecule has 0 saturated heterocycles. The van der Waals surface area contributed by atoms with Gasteiger partial charge in [-0.2, -0.15) is 0 Å². The van der Waals surface area contributed by atoms with E-state index in [0.29, 0.717) is 11.5 Å². The van der Waals surface area contributed by atoms with Gasteiger partial charge in [0.2, 0.25) is 0 Å². The minimum Gasteiger partial charge on any atom is -0.370 e. The van der Waals surface area contributed by atoms with Crippen LogP contribution in [0, 0.1) is 12.8 Å². The molecule has 4 aromatic rings. The summed E-state index contributed by atoms with van der Waals surface area (Å²) in [5, 5.41) is 7.04. The summed E-state index contributed by atoms with van der Waals surface area (Å²) in [5.41, 5.74) is 5.47. The number of nitrogens with one attached hydrogen (secondary N) is 2. The van der Waals surface area contributed by atoms with E-state index >= 15 is 0 Å². The van der Waals surface area contributed by atoms with Gasteiger partial charge in [-0.15, -0.1) is 0 Å². The molecule has 3 aromatic heterocycles. The van der Waals surface area contributed by atoms with Gasteiger partial charge in [0.05, 0.1) is 16.8 Å². The number of carbonyl (C=O) groups excluding carboxylic acids is 1. The number of benzene rings is 1. The Morgan fingerprint density at radius 2 is 1.82 bits per heavy atom. The van der Waals surface area contributed by atoms with Crippen molar-refractivity contribution in [3.63, 3.8) is 0 Å². The number of carbonyl (C=O) groups is 1. The first-order valence-electron chi connectivity index (χ1n) is 11.1. The van der Waals surface area contributed by atoms with Crippen LogP contribution in [0.2, 0.25) is 0 Å². The fraction of sp³-hybridized carbons (Fsp3) is 0.269. The molecule has 1 aromatic carbocycles. The minimum atomic E-state index is -0.106. The first kappa shape index (κ1) is 22.3. The van der Waals surface area contributed by atoms with Crippen LogP contribution in [-0.4, -0.2) is 39.4 Å². The molecule has 1 unspecified atom stereocenters. The van der Waals surface area contributed by atoms with Crippen molar-refractivity contribution in [2.75, 3.05) is 18.9 Å². The summed E-state index contributed by atoms with van der Waals surface area (Å²) < 4.78 is 0. The van der Waals surface area contributed by atoms with Crippen molar-refractivity contribution in [3.8, 4) is 11.3 Å². The van der Waals surface area contributed by atoms with E-state index in [9.17, 15) is 4.79 Å². The number of fused-ring (bicyclic) bond motifs is 1. The molecule has 3 heterocycles. The summed E-state index contributed by atoms with van der Waals surface area (Å²) in [6.45, 7) is 7.10. The summed E-state index contributed by atoms with van der Waals surface area (Å²) in [6.07, 6.45) is 5.07. The monoisotopic (exact) mass is 440 g/mol. The third-order valence-electron chi connectivity index (χ3n) is 6.08. The highest BCUT2D eigenvalue weighted by atomic mass is 16.1. The number of para-hydroxylation sites is 1. The maximum absolute atomic E-state index is 12.3. The van der Waals surface area contributed by atoms with Gasteiger partial charge in [0.1, 0.15) is 12.1 Å². The Bertz CT molecular complexity index is 1290. The second-order valence-electron chi connectivity index (χ2n) is 8.30. The number of amides is 1. The van der Waals surface area contributed by atoms with Crippen LogP contribution in [0.5, 0.6) is 0 Å². The van der Waals surface area contributed by atoms with Crippen LogP contribution in [0.1, 0.15) is 41.4 Å². The Hall–Kier alpha value is -3.87. The number of rotatable bonds is 7. The van der Waals surface area contributed by atoms with Gasteiger partial charge >= 0.3 is 0 Å². The zero-order chi connectivity index (χ0) is 23.4. The maximum Gasteiger partial charge on any atom is 0.251 e. The van der Waals surface area contributed by atoms with Crippen molar-refractivity contribution >= 4 is 22.6 Å². The topological polar surface area (TPSA) is 92.7 Å². The van der Waals surface area contributed by atoms with Crippen molar-refractivity contribution in [2.45, 2.75) is 26.7 Å². The highest BCUT2D eigenvalue weighted by molar-refractivity contribution is 6.06. The lowest BCUT2D eigenvalue weighted by Crippen LogP contribution is -2.19. The van der Waals surface area contributed by atoms with Gasteiger partial charge in [0.15, 0.2) is 0 Å². The van der Waals surface area contributed by atoms with Crippen LogP contribution in [0.3, 0.4) is 0 Å². The molecule has 7 nitrogen and oxygen atoms in total. The second kappa shape index (κ2) is 9.73. The van der Waals surface area contributed by atoms with E-state index in [-0.39, 0.29) is 11.8 Å². The summed E-state index contributed by atoms with van der Waals surface area (Å²) in [4.78, 5) is 29.9. The molecule has 2 N–H and O–H groups in total. The van der Waals surface area contributed by atoms with Crippen molar-refractivity contribution in [1.82, 2.24) is 25.3 Å². The number of pyridine rings is 2. The zero-order valence-electron chi connectivity index (χ0n) is 19.3. The molecule has 168 valence electrons. The van der Waals surface area contributed by atoms with Gasteiger partial charge < -0.3 is 10.6 Å². The van der Waals surface area contributed by atoms with Crippen molar-refractivity contribution < 1.29 is 4.79 Å². The average Bonchev–Trinajstić information content (AvgIpc) is 2.85. The number of hydrogen-bond donors (Lipinski definition) is 2. The van der Waals surface area contributed by atoms with E-state index < -0.39 is 0 Å². The van der Waals surface area contributed by atoms with Crippen molar-refractivity contribution in [3.05, 3.63) is 78.0 Å². The zero-order valence-corrected chi connectivity index (χ0v) is 19.3. The summed E-state index contributed by atoms with van der Waals surface area (Å²) >= 11 is 0. The van der Waals surface area contributed by atoms with E-state index in [1.807, 2.05) is 37.3 Å². The molecular weight excluding hydrogens is 412 g/mol. The van der Waals surface area contributed by atoms with E-state index in [1.54, 1.807) is 31.8 Å². The summed E-state index contributed by atoms with van der Waals surface area (Å²) in [6, 6.07) is 13.7. The Kier molecular flexibility index (Phi) is 6.58. The first-order chi connectivity index (χ1) is 16.0. The largest absolute Gasteiger partial charge is 0.370 e. The highest BCUT2D eigenvalue weighted by Gasteiger charge is 2.19. The quantitative estimate of drug-likeness (QED) is 0.436. The van der Waals surface area contributed by atoms with E-state index in [1.165, 1.54) is 0 Å². The third-order valence-corrected chi connectivity index (χ3v) is 6.08. The molecule has 0 saturated carbocycles. The van der Waals surface area contributed by atoms with Crippen LogP contribution in [0.25, 0.3) is 22.2 Å². The SMILES string of the molecule is CNC(=O)c1ccnc2c(C(C)[C@H](C)CNc3cc(-c4ccnc(C)c4)ncn3)cccc12. The Labute approximate surface area is 193 Å². The number of aromatic nitrogens is 4. The fourth-order valence-corrected chi connectivity index (χ4v) is 3.96. The molecule has 0 aliphatic heterocycles. The Balaban J connectivity index is 1.52. The average molecular weight is 441 g/mol. The van der Waals surface area contributed by atoms with Gasteiger partial charge in [-0.3, -0.25) is 14.8 Å². The van der Waals surface area contributed by atoms with E-state index in [0.717, 1.165) is 45.8 Å². The predicted molar refractivity (Wildman–Crippen MR) is 131 cm³/mol. The highest BCUT2D eigenvalue weighted by Crippen LogP contribution is 2.31. The summed E-state index contributed by atoms with van der Waals surface area (Å²) in [7, 11) is 1.64. The number of anilines is 1. The number of aryl methyl sites for hydroxylation is 1. The second-order valence-corrected chi connectivity index (χ2v) is 8.30. The van der Waals surface area contributed by atoms with Gasteiger partial charge in [0.25, 0.3) is 5.91 Å². The molecule has 1 amide bonds. The predicted octanol–water partition coefficient (Wildman–Crippen LogP) is 4.61. The molecule has 7 heteroatoms. The summed E-state index contributed by atoms with van der Waals surface area (Å²) in [5.74, 6) is 1.19.